The van der Waals surface area contributed by atoms with Crippen LogP contribution in [0.25, 0.3) is 11.4 Å². The molecular weight excluding hydrogens is 626 g/mol. The van der Waals surface area contributed by atoms with E-state index in [2.05, 4.69) is 31.5 Å². The lowest BCUT2D eigenvalue weighted by Crippen LogP contribution is -2.56. The minimum Gasteiger partial charge on any atom is -0.492 e. The predicted octanol–water partition coefficient (Wildman–Crippen LogP) is 2.18. The molecule has 0 unspecified atom stereocenters. The van der Waals surface area contributed by atoms with Gasteiger partial charge in [-0.15, -0.1) is 0 Å². The zero-order valence-corrected chi connectivity index (χ0v) is 28.0. The van der Waals surface area contributed by atoms with E-state index in [4.69, 9.17) is 9.72 Å². The number of hydrogen-bond acceptors (Lipinski definition) is 8. The van der Waals surface area contributed by atoms with Crippen molar-refractivity contribution >= 4 is 23.6 Å². The first-order valence-electron chi connectivity index (χ1n) is 16.5. The molecular formula is C35H43N9O5. The van der Waals surface area contributed by atoms with E-state index < -0.39 is 29.9 Å². The fourth-order valence-corrected chi connectivity index (χ4v) is 5.48. The number of ether oxygens (including phenoxy) is 1. The number of nitrogens with one attached hydrogen (secondary N) is 4. The molecule has 14 heteroatoms. The maximum absolute atomic E-state index is 13.8. The normalized spacial score (nSPS) is 19.3. The Morgan fingerprint density at radius 2 is 1.80 bits per heavy atom. The Labute approximate surface area is 285 Å². The monoisotopic (exact) mass is 669 g/mol. The Balaban J connectivity index is 1.38. The van der Waals surface area contributed by atoms with Crippen LogP contribution in [0.2, 0.25) is 0 Å². The van der Waals surface area contributed by atoms with Gasteiger partial charge in [-0.05, 0) is 43.0 Å². The van der Waals surface area contributed by atoms with Crippen LogP contribution in [0.4, 0.5) is 0 Å². The average molecular weight is 670 g/mol. The second kappa shape index (κ2) is 16.5. The first-order chi connectivity index (χ1) is 23.7. The summed E-state index contributed by atoms with van der Waals surface area (Å²) >= 11 is 0. The standard InChI is InChI=1S/C35H43N9O5/c1-23(2)31-35(48)38-24(3)33-41-32(26-9-5-4-6-10-26)42-44(33)22-30(46)36-17-20-49-27-14-12-25(13-15-27)21-28(34(47)40-31)39-29(45)11-7-18-43-19-8-16-37-43/h4-6,8-10,12-16,19,23-24,28,31H,7,11,17-18,20-22H2,1-3H3,(H,36,46)(H,38,48)(H,39,45)(H,40,47)/t24-,28-,31+/m0/s1. The number of amides is 4. The van der Waals surface area contributed by atoms with E-state index in [0.29, 0.717) is 30.4 Å². The second-order valence-corrected chi connectivity index (χ2v) is 12.3. The Bertz CT molecular complexity index is 1700. The summed E-state index contributed by atoms with van der Waals surface area (Å²) in [5.41, 5.74) is 1.55. The van der Waals surface area contributed by atoms with Crippen LogP contribution >= 0.6 is 0 Å². The quantitative estimate of drug-likeness (QED) is 0.232. The fraction of sp³-hybridized carbons (Fsp3) is 0.400. The predicted molar refractivity (Wildman–Crippen MR) is 181 cm³/mol. The summed E-state index contributed by atoms with van der Waals surface area (Å²) in [4.78, 5) is 58.2. The molecule has 2 aliphatic rings. The Kier molecular flexibility index (Phi) is 11.7. The minimum atomic E-state index is -0.937. The van der Waals surface area contributed by atoms with Gasteiger partial charge in [0.05, 0.1) is 12.6 Å². The fourth-order valence-electron chi connectivity index (χ4n) is 5.48. The van der Waals surface area contributed by atoms with E-state index in [9.17, 15) is 19.2 Å². The van der Waals surface area contributed by atoms with Crippen molar-refractivity contribution in [1.82, 2.24) is 45.8 Å². The maximum Gasteiger partial charge on any atom is 0.243 e. The number of carbonyl (C=O) groups excluding carboxylic acids is 4. The van der Waals surface area contributed by atoms with Crippen molar-refractivity contribution in [3.8, 4) is 17.1 Å². The van der Waals surface area contributed by atoms with Crippen molar-refractivity contribution in [2.45, 2.75) is 71.2 Å². The maximum atomic E-state index is 13.8. The van der Waals surface area contributed by atoms with E-state index in [-0.39, 0.29) is 50.3 Å². The SMILES string of the molecule is CC(C)[C@H]1NC(=O)[C@@H](NC(=O)CCCn2cccn2)Cc2ccc(cc2)OCCNC(=O)Cn2nc(-c3ccccc3)nc2[C@H](C)NC1=O. The Hall–Kier alpha value is -5.53. The Morgan fingerprint density at radius 1 is 1.02 bits per heavy atom. The van der Waals surface area contributed by atoms with Crippen LogP contribution in [0.15, 0.2) is 73.1 Å². The molecule has 2 aromatic carbocycles. The first-order valence-corrected chi connectivity index (χ1v) is 16.5. The summed E-state index contributed by atoms with van der Waals surface area (Å²) in [6, 6.07) is 15.8. The van der Waals surface area contributed by atoms with Crippen molar-refractivity contribution < 1.29 is 23.9 Å². The lowest BCUT2D eigenvalue weighted by molar-refractivity contribution is -0.133. The molecule has 0 aliphatic carbocycles. The third kappa shape index (κ3) is 9.75. The first kappa shape index (κ1) is 34.8. The molecule has 14 nitrogen and oxygen atoms in total. The van der Waals surface area contributed by atoms with Crippen molar-refractivity contribution in [3.05, 3.63) is 84.4 Å². The van der Waals surface area contributed by atoms with Crippen LogP contribution in [0.1, 0.15) is 51.0 Å². The van der Waals surface area contributed by atoms with Crippen LogP contribution in [0.3, 0.4) is 0 Å². The largest absolute Gasteiger partial charge is 0.492 e. The molecule has 0 radical (unpaired) electrons. The number of aromatic nitrogens is 5. The van der Waals surface area contributed by atoms with Gasteiger partial charge in [0.1, 0.15) is 36.8 Å². The molecule has 4 aromatic rings. The molecule has 0 saturated carbocycles. The number of nitrogens with zero attached hydrogens (tertiary/aromatic N) is 5. The van der Waals surface area contributed by atoms with Crippen LogP contribution in [0.5, 0.6) is 5.75 Å². The number of fused-ring (bicyclic) bond motifs is 14. The molecule has 4 N–H and O–H groups in total. The molecule has 49 heavy (non-hydrogen) atoms. The van der Waals surface area contributed by atoms with Crippen molar-refractivity contribution in [2.24, 2.45) is 5.92 Å². The van der Waals surface area contributed by atoms with E-state index in [1.165, 1.54) is 4.68 Å². The molecule has 0 fully saturated rings. The molecule has 2 bridgehead atoms. The van der Waals surface area contributed by atoms with E-state index in [1.807, 2.05) is 68.6 Å². The van der Waals surface area contributed by atoms with Crippen molar-refractivity contribution in [3.63, 3.8) is 0 Å². The average Bonchev–Trinajstić information content (AvgIpc) is 3.76. The van der Waals surface area contributed by atoms with Gasteiger partial charge in [-0.1, -0.05) is 56.3 Å². The van der Waals surface area contributed by atoms with E-state index >= 15 is 0 Å². The molecule has 4 heterocycles. The van der Waals surface area contributed by atoms with Gasteiger partial charge in [0.25, 0.3) is 0 Å². The third-order valence-corrected chi connectivity index (χ3v) is 8.08. The lowest BCUT2D eigenvalue weighted by Gasteiger charge is -2.27. The summed E-state index contributed by atoms with van der Waals surface area (Å²) in [7, 11) is 0. The summed E-state index contributed by atoms with van der Waals surface area (Å²) < 4.78 is 9.04. The summed E-state index contributed by atoms with van der Waals surface area (Å²) in [5.74, 6) is -0.407. The number of aryl methyl sites for hydroxylation is 1. The zero-order chi connectivity index (χ0) is 34.8. The van der Waals surface area contributed by atoms with Gasteiger partial charge in [0, 0.05) is 37.3 Å². The van der Waals surface area contributed by atoms with E-state index in [0.717, 1.165) is 11.1 Å². The third-order valence-electron chi connectivity index (χ3n) is 8.08. The van der Waals surface area contributed by atoms with Gasteiger partial charge >= 0.3 is 0 Å². The van der Waals surface area contributed by atoms with Gasteiger partial charge < -0.3 is 26.0 Å². The number of hydrogen-bond donors (Lipinski definition) is 4. The smallest absolute Gasteiger partial charge is 0.243 e. The molecule has 6 rings (SSSR count). The Morgan fingerprint density at radius 3 is 2.51 bits per heavy atom. The highest BCUT2D eigenvalue weighted by Gasteiger charge is 2.31. The van der Waals surface area contributed by atoms with Gasteiger partial charge in [-0.25, -0.2) is 9.67 Å². The highest BCUT2D eigenvalue weighted by atomic mass is 16.5. The number of rotatable bonds is 7. The molecule has 0 saturated heterocycles. The van der Waals surface area contributed by atoms with Gasteiger partial charge in [-0.2, -0.15) is 10.2 Å². The number of benzene rings is 2. The van der Waals surface area contributed by atoms with Crippen molar-refractivity contribution in [1.29, 1.82) is 0 Å². The van der Waals surface area contributed by atoms with Crippen LogP contribution < -0.4 is 26.0 Å². The van der Waals surface area contributed by atoms with Gasteiger partial charge in [0.2, 0.25) is 23.6 Å². The second-order valence-electron chi connectivity index (χ2n) is 12.3. The minimum absolute atomic E-state index is 0.127. The summed E-state index contributed by atoms with van der Waals surface area (Å²) in [6.45, 7) is 6.33. The van der Waals surface area contributed by atoms with Crippen LogP contribution in [-0.4, -0.2) is 73.4 Å². The van der Waals surface area contributed by atoms with Crippen molar-refractivity contribution in [2.75, 3.05) is 13.2 Å². The molecule has 2 aromatic heterocycles. The van der Waals surface area contributed by atoms with Gasteiger partial charge in [-0.3, -0.25) is 23.9 Å². The topological polar surface area (TPSA) is 174 Å². The molecule has 2 aliphatic heterocycles. The summed E-state index contributed by atoms with van der Waals surface area (Å²) in [6.07, 6.45) is 4.44. The highest BCUT2D eigenvalue weighted by molar-refractivity contribution is 5.92. The molecule has 4 amide bonds. The van der Waals surface area contributed by atoms with E-state index in [1.54, 1.807) is 29.9 Å². The zero-order valence-electron chi connectivity index (χ0n) is 28.0. The number of carbonyl (C=O) groups is 4. The molecule has 3 atom stereocenters. The van der Waals surface area contributed by atoms with Crippen LogP contribution in [-0.2, 0) is 38.7 Å². The molecule has 258 valence electrons. The summed E-state index contributed by atoms with van der Waals surface area (Å²) in [5, 5.41) is 20.3. The van der Waals surface area contributed by atoms with Crippen LogP contribution in [0, 0.1) is 5.92 Å². The van der Waals surface area contributed by atoms with Gasteiger partial charge in [0.15, 0.2) is 5.82 Å². The molecule has 0 spiro atoms. The highest BCUT2D eigenvalue weighted by Crippen LogP contribution is 2.20. The lowest BCUT2D eigenvalue weighted by atomic mass is 10.0.